The van der Waals surface area contributed by atoms with Crippen molar-refractivity contribution >= 4 is 28.4 Å². The van der Waals surface area contributed by atoms with E-state index in [-0.39, 0.29) is 5.82 Å². The Hall–Kier alpha value is -1.98. The van der Waals surface area contributed by atoms with Crippen LogP contribution in [0.25, 0.3) is 10.9 Å². The Bertz CT molecular complexity index is 1080. The molecule has 1 N–H and O–H groups in total. The lowest BCUT2D eigenvalue weighted by Gasteiger charge is -2.39. The summed E-state index contributed by atoms with van der Waals surface area (Å²) in [5.74, 6) is 1.74. The topological polar surface area (TPSA) is 22.3 Å². The first-order valence-electron chi connectivity index (χ1n) is 11.3. The van der Waals surface area contributed by atoms with Crippen LogP contribution < -0.4 is 4.90 Å². The summed E-state index contributed by atoms with van der Waals surface area (Å²) in [7, 11) is 0. The highest BCUT2D eigenvalue weighted by Crippen LogP contribution is 2.50. The fraction of sp³-hybridized carbons (Fsp3) is 0.440. The van der Waals surface area contributed by atoms with Crippen LogP contribution >= 0.6 is 11.8 Å². The van der Waals surface area contributed by atoms with Crippen molar-refractivity contribution in [1.82, 2.24) is 9.88 Å². The number of aryl methyl sites for hydroxylation is 1. The SMILES string of the molecule is Fc1ccc2[nH]cc(CCCN3CC[C@H]4[C@@H](C3)c3cccc5c3N4CCCS5)c2c1. The number of hydrogen-bond acceptors (Lipinski definition) is 3. The molecule has 2 aromatic carbocycles. The molecule has 0 bridgehead atoms. The number of halogens is 1. The summed E-state index contributed by atoms with van der Waals surface area (Å²) < 4.78 is 13.6. The molecule has 1 fully saturated rings. The number of piperidine rings is 1. The van der Waals surface area contributed by atoms with E-state index in [2.05, 4.69) is 39.2 Å². The highest BCUT2D eigenvalue weighted by Gasteiger charge is 2.43. The van der Waals surface area contributed by atoms with Gasteiger partial charge in [-0.3, -0.25) is 0 Å². The van der Waals surface area contributed by atoms with Gasteiger partial charge in [-0.05, 0) is 73.4 Å². The first-order chi connectivity index (χ1) is 14.8. The van der Waals surface area contributed by atoms with Gasteiger partial charge in [-0.1, -0.05) is 12.1 Å². The number of aromatic amines is 1. The second kappa shape index (κ2) is 7.61. The quantitative estimate of drug-likeness (QED) is 0.609. The van der Waals surface area contributed by atoms with E-state index in [1.54, 1.807) is 17.3 Å². The van der Waals surface area contributed by atoms with Crippen LogP contribution in [-0.2, 0) is 6.42 Å². The molecule has 1 saturated heterocycles. The first-order valence-corrected chi connectivity index (χ1v) is 12.3. The van der Waals surface area contributed by atoms with Crippen molar-refractivity contribution in [3.63, 3.8) is 0 Å². The number of nitrogens with zero attached hydrogens (tertiary/aromatic N) is 2. The summed E-state index contributed by atoms with van der Waals surface area (Å²) in [6.07, 6.45) is 6.72. The second-order valence-electron chi connectivity index (χ2n) is 8.96. The minimum atomic E-state index is -0.152. The number of para-hydroxylation sites is 1. The Labute approximate surface area is 181 Å². The number of aromatic nitrogens is 1. The lowest BCUT2D eigenvalue weighted by Crippen LogP contribution is -2.46. The molecule has 0 aliphatic carbocycles. The van der Waals surface area contributed by atoms with Crippen LogP contribution in [-0.4, -0.2) is 47.9 Å². The normalized spacial score (nSPS) is 23.4. The monoisotopic (exact) mass is 421 g/mol. The zero-order valence-corrected chi connectivity index (χ0v) is 18.1. The maximum atomic E-state index is 13.6. The maximum absolute atomic E-state index is 13.6. The van der Waals surface area contributed by atoms with Gasteiger partial charge in [-0.25, -0.2) is 4.39 Å². The van der Waals surface area contributed by atoms with E-state index in [0.29, 0.717) is 12.0 Å². The molecule has 3 aliphatic heterocycles. The Morgan fingerprint density at radius 3 is 3.10 bits per heavy atom. The van der Waals surface area contributed by atoms with E-state index in [0.717, 1.165) is 30.3 Å². The third kappa shape index (κ3) is 3.14. The highest BCUT2D eigenvalue weighted by molar-refractivity contribution is 7.99. The van der Waals surface area contributed by atoms with Crippen LogP contribution in [0.2, 0.25) is 0 Å². The smallest absolute Gasteiger partial charge is 0.123 e. The zero-order chi connectivity index (χ0) is 20.1. The van der Waals surface area contributed by atoms with Crippen LogP contribution in [0.15, 0.2) is 47.5 Å². The molecule has 0 radical (unpaired) electrons. The maximum Gasteiger partial charge on any atom is 0.123 e. The molecule has 3 nitrogen and oxygen atoms in total. The number of thioether (sulfide) groups is 1. The first kappa shape index (κ1) is 18.8. The molecule has 0 saturated carbocycles. The molecule has 2 atom stereocenters. The second-order valence-corrected chi connectivity index (χ2v) is 10.1. The fourth-order valence-corrected chi connectivity index (χ4v) is 6.90. The fourth-order valence-electron chi connectivity index (χ4n) is 5.86. The standard InChI is InChI=1S/C25H28FN3S/c26-18-7-8-22-20(14-18)17(15-27-22)4-2-10-28-12-9-23-21(16-28)19-5-1-6-24-25(19)29(23)11-3-13-30-24/h1,5-8,14-15,21,23,27H,2-4,9-13,16H2/t21-,23-/m0/s1. The van der Waals surface area contributed by atoms with Crippen molar-refractivity contribution in [2.24, 2.45) is 0 Å². The Morgan fingerprint density at radius 2 is 2.13 bits per heavy atom. The highest BCUT2D eigenvalue weighted by atomic mass is 32.2. The summed E-state index contributed by atoms with van der Waals surface area (Å²) in [6.45, 7) is 4.70. The van der Waals surface area contributed by atoms with Gasteiger partial charge in [0.15, 0.2) is 0 Å². The molecular formula is C25H28FN3S. The van der Waals surface area contributed by atoms with Gasteiger partial charge in [-0.2, -0.15) is 0 Å². The van der Waals surface area contributed by atoms with Gasteiger partial charge in [0, 0.05) is 53.6 Å². The molecule has 3 aliphatic rings. The predicted molar refractivity (Wildman–Crippen MR) is 123 cm³/mol. The van der Waals surface area contributed by atoms with Crippen molar-refractivity contribution in [2.75, 3.05) is 36.8 Å². The Balaban J connectivity index is 1.14. The molecule has 0 amide bonds. The number of nitrogens with one attached hydrogen (secondary N) is 1. The molecule has 4 heterocycles. The molecule has 1 aromatic heterocycles. The zero-order valence-electron chi connectivity index (χ0n) is 17.2. The minimum absolute atomic E-state index is 0.152. The van der Waals surface area contributed by atoms with Gasteiger partial charge >= 0.3 is 0 Å². The Morgan fingerprint density at radius 1 is 1.17 bits per heavy atom. The van der Waals surface area contributed by atoms with E-state index in [1.165, 1.54) is 54.8 Å². The van der Waals surface area contributed by atoms with Crippen LogP contribution in [0.4, 0.5) is 10.1 Å². The van der Waals surface area contributed by atoms with Gasteiger partial charge < -0.3 is 14.8 Å². The molecule has 5 heteroatoms. The lowest BCUT2D eigenvalue weighted by molar-refractivity contribution is 0.191. The Kier molecular flexibility index (Phi) is 4.76. The van der Waals surface area contributed by atoms with Crippen LogP contribution in [0, 0.1) is 5.82 Å². The van der Waals surface area contributed by atoms with Gasteiger partial charge in [0.05, 0.1) is 5.69 Å². The van der Waals surface area contributed by atoms with Crippen LogP contribution in [0.3, 0.4) is 0 Å². The van der Waals surface area contributed by atoms with Crippen molar-refractivity contribution in [3.8, 4) is 0 Å². The van der Waals surface area contributed by atoms with Crippen molar-refractivity contribution in [2.45, 2.75) is 42.5 Å². The third-order valence-electron chi connectivity index (χ3n) is 7.23. The van der Waals surface area contributed by atoms with Crippen molar-refractivity contribution in [3.05, 3.63) is 59.5 Å². The largest absolute Gasteiger partial charge is 0.367 e. The van der Waals surface area contributed by atoms with Gasteiger partial charge in [-0.15, -0.1) is 11.8 Å². The van der Waals surface area contributed by atoms with E-state index >= 15 is 0 Å². The summed E-state index contributed by atoms with van der Waals surface area (Å²) in [5.41, 5.74) is 5.41. The predicted octanol–water partition coefficient (Wildman–Crippen LogP) is 5.41. The third-order valence-corrected chi connectivity index (χ3v) is 8.36. The number of hydrogen-bond donors (Lipinski definition) is 1. The lowest BCUT2D eigenvalue weighted by atomic mass is 9.89. The summed E-state index contributed by atoms with van der Waals surface area (Å²) >= 11 is 2.04. The van der Waals surface area contributed by atoms with Crippen molar-refractivity contribution in [1.29, 1.82) is 0 Å². The number of fused-ring (bicyclic) bond motifs is 4. The van der Waals surface area contributed by atoms with Gasteiger partial charge in [0.2, 0.25) is 0 Å². The summed E-state index contributed by atoms with van der Waals surface area (Å²) in [4.78, 5) is 10.2. The van der Waals surface area contributed by atoms with Crippen LogP contribution in [0.5, 0.6) is 0 Å². The molecule has 0 unspecified atom stereocenters. The van der Waals surface area contributed by atoms with Gasteiger partial charge in [0.1, 0.15) is 5.82 Å². The number of rotatable bonds is 4. The minimum Gasteiger partial charge on any atom is -0.367 e. The number of anilines is 1. The summed E-state index contributed by atoms with van der Waals surface area (Å²) in [6, 6.07) is 12.7. The van der Waals surface area contributed by atoms with E-state index in [4.69, 9.17) is 0 Å². The number of benzene rings is 2. The van der Waals surface area contributed by atoms with Crippen molar-refractivity contribution < 1.29 is 4.39 Å². The molecular weight excluding hydrogens is 393 g/mol. The average Bonchev–Trinajstić information content (AvgIpc) is 3.21. The average molecular weight is 422 g/mol. The summed E-state index contributed by atoms with van der Waals surface area (Å²) in [5, 5.41) is 1.04. The van der Waals surface area contributed by atoms with E-state index in [1.807, 2.05) is 17.8 Å². The molecule has 3 aromatic rings. The number of H-pyrrole nitrogens is 1. The molecule has 6 rings (SSSR count). The number of likely N-dealkylation sites (tertiary alicyclic amines) is 1. The van der Waals surface area contributed by atoms with E-state index < -0.39 is 0 Å². The van der Waals surface area contributed by atoms with Gasteiger partial charge in [0.25, 0.3) is 0 Å². The molecule has 156 valence electrons. The molecule has 30 heavy (non-hydrogen) atoms. The van der Waals surface area contributed by atoms with E-state index in [9.17, 15) is 4.39 Å². The van der Waals surface area contributed by atoms with Crippen LogP contribution in [0.1, 0.15) is 36.3 Å². The molecule has 0 spiro atoms.